The maximum Gasteiger partial charge on any atom is 0.232 e. The topological polar surface area (TPSA) is 22.1 Å². The van der Waals surface area contributed by atoms with Gasteiger partial charge < -0.3 is 4.74 Å². The first-order chi connectivity index (χ1) is 7.29. The third-order valence-electron chi connectivity index (χ3n) is 2.60. The first-order valence-corrected chi connectivity index (χ1v) is 6.08. The fourth-order valence-electron chi connectivity index (χ4n) is 1.79. The third-order valence-corrected chi connectivity index (χ3v) is 3.18. The highest BCUT2D eigenvalue weighted by atomic mass is 35.5. The smallest absolute Gasteiger partial charge is 0.232 e. The van der Waals surface area contributed by atoms with Crippen LogP contribution in [0.1, 0.15) is 31.2 Å². The fourth-order valence-corrected chi connectivity index (χ4v) is 2.17. The van der Waals surface area contributed by atoms with E-state index in [9.17, 15) is 0 Å². The van der Waals surface area contributed by atoms with Crippen molar-refractivity contribution in [2.24, 2.45) is 0 Å². The second-order valence-corrected chi connectivity index (χ2v) is 4.46. The Morgan fingerprint density at radius 2 is 2.13 bits per heavy atom. The summed E-state index contributed by atoms with van der Waals surface area (Å²) in [5, 5.41) is 0.556. The predicted molar refractivity (Wildman–Crippen MR) is 61.7 cm³/mol. The molecule has 1 saturated carbocycles. The highest BCUT2D eigenvalue weighted by Gasteiger charge is 2.18. The van der Waals surface area contributed by atoms with E-state index < -0.39 is 0 Å². The second-order valence-electron chi connectivity index (χ2n) is 3.79. The van der Waals surface area contributed by atoms with Crippen LogP contribution in [0.2, 0.25) is 5.02 Å². The molecule has 0 unspecified atom stereocenters. The van der Waals surface area contributed by atoms with Crippen LogP contribution >= 0.6 is 23.2 Å². The monoisotopic (exact) mass is 245 g/mol. The summed E-state index contributed by atoms with van der Waals surface area (Å²) in [4.78, 5) is 4.17. The van der Waals surface area contributed by atoms with Crippen molar-refractivity contribution in [3.63, 3.8) is 0 Å². The van der Waals surface area contributed by atoms with Gasteiger partial charge >= 0.3 is 0 Å². The van der Waals surface area contributed by atoms with E-state index in [1.54, 1.807) is 6.20 Å². The van der Waals surface area contributed by atoms with Crippen LogP contribution in [0.4, 0.5) is 0 Å². The molecule has 82 valence electrons. The van der Waals surface area contributed by atoms with E-state index in [1.807, 2.05) is 6.07 Å². The SMILES string of the molecule is ClCc1cnc(OC2CCCC2)c(Cl)c1. The van der Waals surface area contributed by atoms with Gasteiger partial charge in [0.1, 0.15) is 11.1 Å². The van der Waals surface area contributed by atoms with Gasteiger partial charge in [-0.1, -0.05) is 11.6 Å². The summed E-state index contributed by atoms with van der Waals surface area (Å²) in [7, 11) is 0. The summed E-state index contributed by atoms with van der Waals surface area (Å²) < 4.78 is 5.72. The van der Waals surface area contributed by atoms with E-state index in [0.717, 1.165) is 18.4 Å². The molecule has 0 atom stereocenters. The van der Waals surface area contributed by atoms with E-state index in [0.29, 0.717) is 16.8 Å². The Morgan fingerprint density at radius 3 is 2.73 bits per heavy atom. The maximum atomic E-state index is 6.04. The van der Waals surface area contributed by atoms with Crippen molar-refractivity contribution >= 4 is 23.2 Å². The number of hydrogen-bond donors (Lipinski definition) is 0. The van der Waals surface area contributed by atoms with Crippen molar-refractivity contribution in [1.29, 1.82) is 0 Å². The lowest BCUT2D eigenvalue weighted by Crippen LogP contribution is -2.12. The summed E-state index contributed by atoms with van der Waals surface area (Å²) in [6, 6.07) is 1.81. The third kappa shape index (κ3) is 2.76. The molecule has 2 rings (SSSR count). The number of pyridine rings is 1. The van der Waals surface area contributed by atoms with Crippen molar-refractivity contribution in [3.05, 3.63) is 22.8 Å². The zero-order chi connectivity index (χ0) is 10.7. The minimum atomic E-state index is 0.289. The van der Waals surface area contributed by atoms with Gasteiger partial charge in [-0.05, 0) is 37.3 Å². The molecule has 0 spiro atoms. The Kier molecular flexibility index (Phi) is 3.71. The highest BCUT2D eigenvalue weighted by molar-refractivity contribution is 6.32. The van der Waals surface area contributed by atoms with Crippen molar-refractivity contribution in [2.75, 3.05) is 0 Å². The number of ether oxygens (including phenoxy) is 1. The first-order valence-electron chi connectivity index (χ1n) is 5.16. The van der Waals surface area contributed by atoms with Gasteiger partial charge in [-0.25, -0.2) is 4.98 Å². The van der Waals surface area contributed by atoms with E-state index in [2.05, 4.69) is 4.98 Å². The molecule has 1 fully saturated rings. The molecule has 0 bridgehead atoms. The predicted octanol–water partition coefficient (Wildman–Crippen LogP) is 3.80. The van der Waals surface area contributed by atoms with Gasteiger partial charge in [-0.3, -0.25) is 0 Å². The van der Waals surface area contributed by atoms with Crippen molar-refractivity contribution < 1.29 is 4.74 Å². The summed E-state index contributed by atoms with van der Waals surface area (Å²) in [5.41, 5.74) is 0.917. The Morgan fingerprint density at radius 1 is 1.40 bits per heavy atom. The highest BCUT2D eigenvalue weighted by Crippen LogP contribution is 2.28. The molecule has 4 heteroatoms. The van der Waals surface area contributed by atoms with Gasteiger partial charge in [0.05, 0.1) is 0 Å². The van der Waals surface area contributed by atoms with E-state index in [4.69, 9.17) is 27.9 Å². The standard InChI is InChI=1S/C11H13Cl2NO/c12-6-8-5-10(13)11(14-7-8)15-9-3-1-2-4-9/h5,7,9H,1-4,6H2. The van der Waals surface area contributed by atoms with Gasteiger partial charge in [0.25, 0.3) is 0 Å². The van der Waals surface area contributed by atoms with Gasteiger partial charge in [0, 0.05) is 12.1 Å². The molecular formula is C11H13Cl2NO. The van der Waals surface area contributed by atoms with Crippen molar-refractivity contribution in [1.82, 2.24) is 4.98 Å². The molecule has 0 aliphatic heterocycles. The van der Waals surface area contributed by atoms with E-state index >= 15 is 0 Å². The molecule has 1 aliphatic carbocycles. The summed E-state index contributed by atoms with van der Waals surface area (Å²) in [6.07, 6.45) is 6.69. The molecule has 1 aromatic rings. The molecule has 1 heterocycles. The lowest BCUT2D eigenvalue weighted by atomic mass is 10.3. The van der Waals surface area contributed by atoms with Gasteiger partial charge in [0.2, 0.25) is 5.88 Å². The largest absolute Gasteiger partial charge is 0.473 e. The van der Waals surface area contributed by atoms with Gasteiger partial charge in [-0.15, -0.1) is 11.6 Å². The molecule has 1 aromatic heterocycles. The minimum absolute atomic E-state index is 0.289. The molecule has 0 saturated heterocycles. The number of hydrogen-bond acceptors (Lipinski definition) is 2. The lowest BCUT2D eigenvalue weighted by molar-refractivity contribution is 0.201. The van der Waals surface area contributed by atoms with Crippen LogP contribution in [0.25, 0.3) is 0 Å². The van der Waals surface area contributed by atoms with Crippen LogP contribution in [-0.2, 0) is 5.88 Å². The molecule has 0 aromatic carbocycles. The van der Waals surface area contributed by atoms with Crippen LogP contribution in [0, 0.1) is 0 Å². The van der Waals surface area contributed by atoms with E-state index in [-0.39, 0.29) is 6.10 Å². The molecule has 0 N–H and O–H groups in total. The normalized spacial score (nSPS) is 16.9. The summed E-state index contributed by atoms with van der Waals surface area (Å²) >= 11 is 11.7. The maximum absolute atomic E-state index is 6.04. The van der Waals surface area contributed by atoms with Crippen molar-refractivity contribution in [3.8, 4) is 5.88 Å². The number of halogens is 2. The summed E-state index contributed by atoms with van der Waals surface area (Å²) in [6.45, 7) is 0. The zero-order valence-corrected chi connectivity index (χ0v) is 9.89. The second kappa shape index (κ2) is 5.04. The minimum Gasteiger partial charge on any atom is -0.473 e. The van der Waals surface area contributed by atoms with Crippen LogP contribution < -0.4 is 4.74 Å². The first kappa shape index (κ1) is 11.0. The van der Waals surface area contributed by atoms with Crippen LogP contribution in [0.3, 0.4) is 0 Å². The fraction of sp³-hybridized carbons (Fsp3) is 0.545. The molecule has 1 aliphatic rings. The Hall–Kier alpha value is -0.470. The van der Waals surface area contributed by atoms with E-state index in [1.165, 1.54) is 12.8 Å². The van der Waals surface area contributed by atoms with Gasteiger partial charge in [-0.2, -0.15) is 0 Å². The number of rotatable bonds is 3. The van der Waals surface area contributed by atoms with Crippen LogP contribution in [-0.4, -0.2) is 11.1 Å². The molecule has 0 amide bonds. The molecule has 2 nitrogen and oxygen atoms in total. The number of alkyl halides is 1. The molecule has 0 radical (unpaired) electrons. The van der Waals surface area contributed by atoms with Crippen molar-refractivity contribution in [2.45, 2.75) is 37.7 Å². The quantitative estimate of drug-likeness (QED) is 0.757. The Labute approximate surface area is 99.6 Å². The Bertz CT molecular complexity index is 337. The number of aromatic nitrogens is 1. The van der Waals surface area contributed by atoms with Gasteiger partial charge in [0.15, 0.2) is 0 Å². The lowest BCUT2D eigenvalue weighted by Gasteiger charge is -2.13. The average Bonchev–Trinajstić information content (AvgIpc) is 2.74. The molecule has 15 heavy (non-hydrogen) atoms. The summed E-state index contributed by atoms with van der Waals surface area (Å²) in [5.74, 6) is 0.966. The van der Waals surface area contributed by atoms with Crippen LogP contribution in [0.15, 0.2) is 12.3 Å². The number of nitrogens with zero attached hydrogens (tertiary/aromatic N) is 1. The Balaban J connectivity index is 2.07. The molecular weight excluding hydrogens is 233 g/mol. The zero-order valence-electron chi connectivity index (χ0n) is 8.38. The average molecular weight is 246 g/mol. The van der Waals surface area contributed by atoms with Crippen LogP contribution in [0.5, 0.6) is 5.88 Å².